The van der Waals surface area contributed by atoms with E-state index in [9.17, 15) is 0 Å². The van der Waals surface area contributed by atoms with Crippen LogP contribution in [0.5, 0.6) is 0 Å². The van der Waals surface area contributed by atoms with E-state index in [0.29, 0.717) is 0 Å². The van der Waals surface area contributed by atoms with Crippen LogP contribution in [0, 0.1) is 0 Å². The lowest BCUT2D eigenvalue weighted by Gasteiger charge is -2.12. The van der Waals surface area contributed by atoms with Gasteiger partial charge in [-0.05, 0) is 79.2 Å². The van der Waals surface area contributed by atoms with Crippen LogP contribution in [0.3, 0.4) is 0 Å². The summed E-state index contributed by atoms with van der Waals surface area (Å²) in [6, 6.07) is 54.1. The molecule has 0 radical (unpaired) electrons. The number of aryl methyl sites for hydroxylation is 2. The van der Waals surface area contributed by atoms with Gasteiger partial charge in [0.2, 0.25) is 0 Å². The largest absolute Gasteiger partial charge is 0.453 e. The minimum Gasteiger partial charge on any atom is -0.453 e. The Kier molecular flexibility index (Phi) is 5.72. The van der Waals surface area contributed by atoms with Gasteiger partial charge in [0.1, 0.15) is 5.76 Å². The van der Waals surface area contributed by atoms with Crippen molar-refractivity contribution in [2.75, 3.05) is 0 Å². The van der Waals surface area contributed by atoms with Crippen LogP contribution in [0.1, 0.15) is 5.56 Å². The van der Waals surface area contributed by atoms with Crippen molar-refractivity contribution < 1.29 is 4.42 Å². The number of hydrogen-bond donors (Lipinski definition) is 0. The summed E-state index contributed by atoms with van der Waals surface area (Å²) in [5.74, 6) is 2.63. The van der Waals surface area contributed by atoms with Crippen LogP contribution in [0.2, 0.25) is 0 Å². The molecule has 0 bridgehead atoms. The number of benzene rings is 6. The fraction of sp³-hybridized carbons (Fsp3) is 0.0444. The molecule has 0 unspecified atom stereocenters. The minimum atomic E-state index is 0.867. The summed E-state index contributed by atoms with van der Waals surface area (Å²) in [5.41, 5.74) is 11.4. The van der Waals surface area contributed by atoms with Gasteiger partial charge >= 0.3 is 0 Å². The van der Waals surface area contributed by atoms with Gasteiger partial charge in [-0.1, -0.05) is 78.9 Å². The third kappa shape index (κ3) is 3.98. The Morgan fingerprint density at radius 2 is 1.04 bits per heavy atom. The predicted octanol–water partition coefficient (Wildman–Crippen LogP) is 11.2. The second-order valence-corrected chi connectivity index (χ2v) is 13.2. The molecule has 4 aromatic heterocycles. The molecule has 11 rings (SSSR count). The van der Waals surface area contributed by atoms with Crippen molar-refractivity contribution in [3.8, 4) is 45.5 Å². The van der Waals surface area contributed by atoms with Gasteiger partial charge in [0.25, 0.3) is 0 Å². The average molecular weight is 643 g/mol. The van der Waals surface area contributed by atoms with Crippen LogP contribution in [0.4, 0.5) is 0 Å². The Hall–Kier alpha value is -6.59. The van der Waals surface area contributed by atoms with E-state index >= 15 is 0 Å². The maximum absolute atomic E-state index is 6.71. The lowest BCUT2D eigenvalue weighted by Crippen LogP contribution is -2.08. The van der Waals surface area contributed by atoms with Crippen LogP contribution >= 0.6 is 0 Å². The number of furan rings is 1. The van der Waals surface area contributed by atoms with Gasteiger partial charge in [-0.3, -0.25) is 0 Å². The van der Waals surface area contributed by atoms with Crippen molar-refractivity contribution in [3.05, 3.63) is 163 Å². The summed E-state index contributed by atoms with van der Waals surface area (Å²) in [5, 5.41) is 4.90. The molecule has 0 amide bonds. The molecule has 50 heavy (non-hydrogen) atoms. The fourth-order valence-electron chi connectivity index (χ4n) is 8.06. The van der Waals surface area contributed by atoms with Gasteiger partial charge in [0.15, 0.2) is 11.6 Å². The maximum Gasteiger partial charge on any atom is 0.177 e. The van der Waals surface area contributed by atoms with E-state index in [2.05, 4.69) is 172 Å². The first-order valence-electron chi connectivity index (χ1n) is 17.2. The summed E-state index contributed by atoms with van der Waals surface area (Å²) in [4.78, 5) is 5.21. The Balaban J connectivity index is 1.00. The molecule has 0 atom stereocenters. The van der Waals surface area contributed by atoms with Gasteiger partial charge in [-0.25, -0.2) is 4.98 Å². The third-order valence-corrected chi connectivity index (χ3v) is 10.4. The monoisotopic (exact) mass is 642 g/mol. The molecule has 5 heterocycles. The molecule has 0 aliphatic carbocycles. The average Bonchev–Trinajstić information content (AvgIpc) is 3.95. The number of fused-ring (bicyclic) bond motifs is 9. The molecular weight excluding hydrogens is 613 g/mol. The first-order valence-corrected chi connectivity index (χ1v) is 17.2. The number of rotatable bonds is 4. The molecule has 0 saturated carbocycles. The highest BCUT2D eigenvalue weighted by molar-refractivity contribution is 6.11. The van der Waals surface area contributed by atoms with E-state index in [1.807, 2.05) is 0 Å². The molecule has 1 aliphatic heterocycles. The van der Waals surface area contributed by atoms with E-state index in [-0.39, 0.29) is 0 Å². The zero-order valence-corrected chi connectivity index (χ0v) is 27.1. The van der Waals surface area contributed by atoms with Gasteiger partial charge in [0.05, 0.1) is 27.8 Å². The second kappa shape index (κ2) is 10.5. The molecule has 1 aliphatic rings. The SMILES string of the molecule is c1ccc(-n2c3ccccc3c3cc(-c4cn5c(n4)-c4oc(-c6ccc7c(c6)c6ccccc6n7-c6ccccc6)cc4CC5)ccc32)cc1. The van der Waals surface area contributed by atoms with E-state index < -0.39 is 0 Å². The first-order chi connectivity index (χ1) is 24.8. The summed E-state index contributed by atoms with van der Waals surface area (Å²) < 4.78 is 13.6. The maximum atomic E-state index is 6.71. The van der Waals surface area contributed by atoms with Gasteiger partial charge in [-0.2, -0.15) is 0 Å². The molecule has 5 heteroatoms. The van der Waals surface area contributed by atoms with E-state index in [1.54, 1.807) is 0 Å². The fourth-order valence-corrected chi connectivity index (χ4v) is 8.06. The Morgan fingerprint density at radius 1 is 0.500 bits per heavy atom. The van der Waals surface area contributed by atoms with Gasteiger partial charge < -0.3 is 18.1 Å². The molecule has 0 saturated heterocycles. The third-order valence-electron chi connectivity index (χ3n) is 10.4. The number of imidazole rings is 1. The highest BCUT2D eigenvalue weighted by atomic mass is 16.3. The Labute approximate surface area is 287 Å². The number of aromatic nitrogens is 4. The molecule has 0 spiro atoms. The zero-order chi connectivity index (χ0) is 32.8. The summed E-state index contributed by atoms with van der Waals surface area (Å²) in [7, 11) is 0. The molecule has 10 aromatic rings. The van der Waals surface area contributed by atoms with Crippen LogP contribution < -0.4 is 0 Å². The normalized spacial score (nSPS) is 12.6. The Bertz CT molecular complexity index is 2720. The smallest absolute Gasteiger partial charge is 0.177 e. The van der Waals surface area contributed by atoms with Crippen molar-refractivity contribution in [3.63, 3.8) is 0 Å². The van der Waals surface area contributed by atoms with Crippen molar-refractivity contribution >= 4 is 43.6 Å². The number of nitrogens with zero attached hydrogens (tertiary/aromatic N) is 4. The zero-order valence-electron chi connectivity index (χ0n) is 27.1. The van der Waals surface area contributed by atoms with Gasteiger partial charge in [0, 0.05) is 62.4 Å². The van der Waals surface area contributed by atoms with Crippen LogP contribution in [0.15, 0.2) is 162 Å². The summed E-state index contributed by atoms with van der Waals surface area (Å²) in [6.07, 6.45) is 3.09. The molecule has 236 valence electrons. The van der Waals surface area contributed by atoms with E-state index in [0.717, 1.165) is 58.5 Å². The lowest BCUT2D eigenvalue weighted by molar-refractivity contribution is 0.563. The van der Waals surface area contributed by atoms with Crippen LogP contribution in [0.25, 0.3) is 89.2 Å². The van der Waals surface area contributed by atoms with Crippen LogP contribution in [-0.2, 0) is 13.0 Å². The van der Waals surface area contributed by atoms with E-state index in [1.165, 1.54) is 49.2 Å². The summed E-state index contributed by atoms with van der Waals surface area (Å²) >= 11 is 0. The highest BCUT2D eigenvalue weighted by Gasteiger charge is 2.25. The number of hydrogen-bond acceptors (Lipinski definition) is 2. The minimum absolute atomic E-state index is 0.867. The highest BCUT2D eigenvalue weighted by Crippen LogP contribution is 2.41. The lowest BCUT2D eigenvalue weighted by atomic mass is 10.1. The molecular formula is C45H30N4O. The van der Waals surface area contributed by atoms with Crippen molar-refractivity contribution in [1.82, 2.24) is 18.7 Å². The van der Waals surface area contributed by atoms with Crippen molar-refractivity contribution in [1.29, 1.82) is 0 Å². The molecule has 6 aromatic carbocycles. The summed E-state index contributed by atoms with van der Waals surface area (Å²) in [6.45, 7) is 0.869. The standard InChI is InChI=1S/C45H30N4O/c1-3-11-32(12-4-1)48-39-17-9-7-15-34(39)36-25-29(19-21-41(36)48)38-28-47-24-23-31-27-43(50-44(31)45(47)46-38)30-20-22-42-37(26-30)35-16-8-10-18-40(35)49(42)33-13-5-2-6-14-33/h1-22,25-28H,23-24H2. The van der Waals surface area contributed by atoms with Crippen molar-refractivity contribution in [2.24, 2.45) is 0 Å². The van der Waals surface area contributed by atoms with E-state index in [4.69, 9.17) is 9.40 Å². The number of para-hydroxylation sites is 4. The molecule has 0 N–H and O–H groups in total. The van der Waals surface area contributed by atoms with Crippen LogP contribution in [-0.4, -0.2) is 18.7 Å². The first kappa shape index (κ1) is 27.4. The Morgan fingerprint density at radius 3 is 1.68 bits per heavy atom. The van der Waals surface area contributed by atoms with Crippen molar-refractivity contribution in [2.45, 2.75) is 13.0 Å². The van der Waals surface area contributed by atoms with Gasteiger partial charge in [-0.15, -0.1) is 0 Å². The molecule has 5 nitrogen and oxygen atoms in total. The second-order valence-electron chi connectivity index (χ2n) is 13.2. The quantitative estimate of drug-likeness (QED) is 0.192. The topological polar surface area (TPSA) is 40.8 Å². The predicted molar refractivity (Wildman–Crippen MR) is 203 cm³/mol. The molecule has 0 fully saturated rings.